The molecular weight excluding hydrogens is 190 g/mol. The third-order valence-electron chi connectivity index (χ3n) is 2.43. The van der Waals surface area contributed by atoms with Crippen LogP contribution in [0.1, 0.15) is 13.8 Å². The van der Waals surface area contributed by atoms with E-state index in [2.05, 4.69) is 0 Å². The molecule has 2 heterocycles. The fraction of sp³-hybridized carbons (Fsp3) is 1.00. The monoisotopic (exact) mass is 202 g/mol. The Bertz CT molecular complexity index is 249. The molecule has 4 nitrogen and oxygen atoms in total. The summed E-state index contributed by atoms with van der Waals surface area (Å²) in [7, 11) is 5.51. The molecule has 1 N–H and O–H groups in total. The standard InChI is InChI=1S/C8H12BFO4/c1-7(2)12-4-5(13-7)8(10,3-11)14-6(4)9/h4-6,11H,3H2,1-2H3/t4?,5?,6-,8-/m1/s1. The Balaban J connectivity index is 2.23. The summed E-state index contributed by atoms with van der Waals surface area (Å²) < 4.78 is 29.2. The van der Waals surface area contributed by atoms with E-state index in [9.17, 15) is 4.39 Å². The van der Waals surface area contributed by atoms with Crippen LogP contribution in [-0.2, 0) is 14.2 Å². The predicted molar refractivity (Wildman–Crippen MR) is 45.4 cm³/mol. The molecular formula is C8H12BFO4. The summed E-state index contributed by atoms with van der Waals surface area (Å²) in [6.45, 7) is 2.53. The van der Waals surface area contributed by atoms with Gasteiger partial charge in [0, 0.05) is 6.00 Å². The molecule has 4 atom stereocenters. The molecule has 2 radical (unpaired) electrons. The highest BCUT2D eigenvalue weighted by molar-refractivity contribution is 6.11. The van der Waals surface area contributed by atoms with Gasteiger partial charge in [-0.25, -0.2) is 4.39 Å². The number of fused-ring (bicyclic) bond motifs is 1. The Kier molecular flexibility index (Phi) is 2.16. The highest BCUT2D eigenvalue weighted by atomic mass is 19.2. The summed E-state index contributed by atoms with van der Waals surface area (Å²) in [5, 5.41) is 8.87. The summed E-state index contributed by atoms with van der Waals surface area (Å²) in [4.78, 5) is 0. The quantitative estimate of drug-likeness (QED) is 0.592. The zero-order valence-electron chi connectivity index (χ0n) is 8.07. The number of aliphatic hydroxyl groups is 1. The number of rotatable bonds is 1. The zero-order chi connectivity index (χ0) is 10.6. The molecule has 2 fully saturated rings. The van der Waals surface area contributed by atoms with E-state index >= 15 is 0 Å². The molecule has 78 valence electrons. The molecule has 2 aliphatic heterocycles. The van der Waals surface area contributed by atoms with Crippen molar-refractivity contribution in [2.45, 2.75) is 43.7 Å². The van der Waals surface area contributed by atoms with Gasteiger partial charge < -0.3 is 19.3 Å². The van der Waals surface area contributed by atoms with Crippen molar-refractivity contribution in [3.63, 3.8) is 0 Å². The van der Waals surface area contributed by atoms with Crippen molar-refractivity contribution in [2.75, 3.05) is 6.61 Å². The fourth-order valence-corrected chi connectivity index (χ4v) is 1.85. The second kappa shape index (κ2) is 2.91. The summed E-state index contributed by atoms with van der Waals surface area (Å²) in [6.07, 6.45) is -1.63. The molecule has 0 aromatic rings. The van der Waals surface area contributed by atoms with Gasteiger partial charge in [0.05, 0.1) is 0 Å². The number of hydrogen-bond acceptors (Lipinski definition) is 4. The lowest BCUT2D eigenvalue weighted by Crippen LogP contribution is -2.42. The maximum absolute atomic E-state index is 13.8. The molecule has 0 aliphatic carbocycles. The minimum Gasteiger partial charge on any atom is -0.390 e. The van der Waals surface area contributed by atoms with E-state index in [4.69, 9.17) is 27.2 Å². The van der Waals surface area contributed by atoms with Crippen molar-refractivity contribution < 1.29 is 23.7 Å². The Morgan fingerprint density at radius 3 is 2.57 bits per heavy atom. The molecule has 0 saturated carbocycles. The third-order valence-corrected chi connectivity index (χ3v) is 2.43. The molecule has 0 bridgehead atoms. The lowest BCUT2D eigenvalue weighted by atomic mass is 9.93. The molecule has 0 amide bonds. The molecule has 0 aromatic heterocycles. The van der Waals surface area contributed by atoms with Gasteiger partial charge >= 0.3 is 0 Å². The molecule has 2 aliphatic rings. The first-order valence-electron chi connectivity index (χ1n) is 4.47. The summed E-state index contributed by atoms with van der Waals surface area (Å²) in [6, 6.07) is -0.904. The van der Waals surface area contributed by atoms with Crippen LogP contribution >= 0.6 is 0 Å². The topological polar surface area (TPSA) is 47.9 Å². The van der Waals surface area contributed by atoms with Crippen molar-refractivity contribution in [1.82, 2.24) is 0 Å². The number of ether oxygens (including phenoxy) is 3. The smallest absolute Gasteiger partial charge is 0.261 e. The number of halogens is 1. The lowest BCUT2D eigenvalue weighted by molar-refractivity contribution is -0.244. The van der Waals surface area contributed by atoms with Gasteiger partial charge in [-0.15, -0.1) is 0 Å². The van der Waals surface area contributed by atoms with Crippen LogP contribution in [0.25, 0.3) is 0 Å². The van der Waals surface area contributed by atoms with Gasteiger partial charge in [-0.2, -0.15) is 0 Å². The van der Waals surface area contributed by atoms with Crippen molar-refractivity contribution in [3.05, 3.63) is 0 Å². The number of alkyl halides is 1. The fourth-order valence-electron chi connectivity index (χ4n) is 1.85. The van der Waals surface area contributed by atoms with Gasteiger partial charge in [0.2, 0.25) is 0 Å². The molecule has 2 saturated heterocycles. The van der Waals surface area contributed by atoms with Gasteiger partial charge in [-0.05, 0) is 13.8 Å². The van der Waals surface area contributed by atoms with Crippen LogP contribution in [0.5, 0.6) is 0 Å². The number of aliphatic hydroxyl groups excluding tert-OH is 1. The Labute approximate surface area is 82.7 Å². The van der Waals surface area contributed by atoms with Gasteiger partial charge in [-0.1, -0.05) is 0 Å². The first-order chi connectivity index (χ1) is 6.38. The first kappa shape index (κ1) is 10.4. The molecule has 6 heteroatoms. The second-order valence-electron chi connectivity index (χ2n) is 4.05. The van der Waals surface area contributed by atoms with Crippen molar-refractivity contribution >= 4 is 7.85 Å². The van der Waals surface area contributed by atoms with E-state index in [0.717, 1.165) is 0 Å². The van der Waals surface area contributed by atoms with Gasteiger partial charge in [0.25, 0.3) is 5.85 Å². The van der Waals surface area contributed by atoms with Crippen LogP contribution in [-0.4, -0.2) is 49.4 Å². The third kappa shape index (κ3) is 1.37. The number of hydrogen-bond donors (Lipinski definition) is 1. The maximum atomic E-state index is 13.8. The van der Waals surface area contributed by atoms with Crippen LogP contribution in [0.15, 0.2) is 0 Å². The highest BCUT2D eigenvalue weighted by Gasteiger charge is 2.62. The van der Waals surface area contributed by atoms with Crippen LogP contribution < -0.4 is 0 Å². The van der Waals surface area contributed by atoms with Crippen molar-refractivity contribution in [1.29, 1.82) is 0 Å². The van der Waals surface area contributed by atoms with Crippen molar-refractivity contribution in [3.8, 4) is 0 Å². The Morgan fingerprint density at radius 1 is 1.36 bits per heavy atom. The van der Waals surface area contributed by atoms with Crippen LogP contribution in [0.3, 0.4) is 0 Å². The molecule has 0 spiro atoms. The van der Waals surface area contributed by atoms with E-state index in [1.807, 2.05) is 0 Å². The Morgan fingerprint density at radius 2 is 2.00 bits per heavy atom. The molecule has 0 aromatic carbocycles. The van der Waals surface area contributed by atoms with Crippen molar-refractivity contribution in [2.24, 2.45) is 0 Å². The van der Waals surface area contributed by atoms with E-state index in [1.54, 1.807) is 13.8 Å². The second-order valence-corrected chi connectivity index (χ2v) is 4.05. The summed E-state index contributed by atoms with van der Waals surface area (Å²) in [5.41, 5.74) is 0. The lowest BCUT2D eigenvalue weighted by Gasteiger charge is -2.26. The molecule has 14 heavy (non-hydrogen) atoms. The van der Waals surface area contributed by atoms with E-state index in [1.165, 1.54) is 0 Å². The van der Waals surface area contributed by atoms with Gasteiger partial charge in [0.1, 0.15) is 26.7 Å². The summed E-state index contributed by atoms with van der Waals surface area (Å²) in [5.74, 6) is -3.14. The minimum absolute atomic E-state index is 0.665. The largest absolute Gasteiger partial charge is 0.390 e. The Hall–Kier alpha value is -0.165. The SMILES string of the molecule is [B][C@@H]1O[C@](F)(CO)C2OC(C)(C)OC21. The van der Waals surface area contributed by atoms with E-state index in [-0.39, 0.29) is 0 Å². The minimum atomic E-state index is -2.25. The van der Waals surface area contributed by atoms with Crippen LogP contribution in [0, 0.1) is 0 Å². The van der Waals surface area contributed by atoms with E-state index < -0.39 is 36.5 Å². The summed E-state index contributed by atoms with van der Waals surface area (Å²) >= 11 is 0. The first-order valence-corrected chi connectivity index (χ1v) is 4.47. The van der Waals surface area contributed by atoms with Gasteiger partial charge in [0.15, 0.2) is 5.79 Å². The van der Waals surface area contributed by atoms with E-state index in [0.29, 0.717) is 0 Å². The average molecular weight is 202 g/mol. The zero-order valence-corrected chi connectivity index (χ0v) is 8.07. The van der Waals surface area contributed by atoms with Crippen LogP contribution in [0.4, 0.5) is 4.39 Å². The highest BCUT2D eigenvalue weighted by Crippen LogP contribution is 2.43. The normalized spacial score (nSPS) is 50.7. The average Bonchev–Trinajstić information content (AvgIpc) is 2.50. The maximum Gasteiger partial charge on any atom is 0.261 e. The molecule has 2 rings (SSSR count). The predicted octanol–water partition coefficient (Wildman–Crippen LogP) is -0.311. The van der Waals surface area contributed by atoms with Crippen LogP contribution in [0.2, 0.25) is 0 Å². The van der Waals surface area contributed by atoms with Gasteiger partial charge in [-0.3, -0.25) is 0 Å². The molecule has 2 unspecified atom stereocenters.